The average Bonchev–Trinajstić information content (AvgIpc) is 3.72. The Morgan fingerprint density at radius 2 is 1.24 bits per heavy atom. The minimum atomic E-state index is -0.0632. The van der Waals surface area contributed by atoms with E-state index >= 15 is 0 Å². The quantitative estimate of drug-likeness (QED) is 0.235. The smallest absolute Gasteiger partial charge is 0.246 e. The van der Waals surface area contributed by atoms with E-state index in [2.05, 4.69) is 13.2 Å². The SMILES string of the molecule is C=CC(=O)N1Cc2sc(Cl)cc2[C@@H](c2ccco2)C1.C=CC(=O)N1Cc2sc(Cl)cc2[C@H](c2ccco2)C1. The third kappa shape index (κ3) is 5.40. The monoisotopic (exact) mass is 586 g/mol. The fraction of sp³-hybridized carbons (Fsp3) is 0.214. The minimum Gasteiger partial charge on any atom is -0.469 e. The highest BCUT2D eigenvalue weighted by atomic mass is 35.5. The van der Waals surface area contributed by atoms with Crippen LogP contribution in [-0.2, 0) is 22.7 Å². The van der Waals surface area contributed by atoms with Crippen LogP contribution in [0.25, 0.3) is 0 Å². The molecule has 0 aromatic carbocycles. The van der Waals surface area contributed by atoms with Gasteiger partial charge in [-0.2, -0.15) is 0 Å². The van der Waals surface area contributed by atoms with Gasteiger partial charge in [0.1, 0.15) is 11.5 Å². The average molecular weight is 588 g/mol. The van der Waals surface area contributed by atoms with Crippen LogP contribution in [-0.4, -0.2) is 34.7 Å². The van der Waals surface area contributed by atoms with Crippen molar-refractivity contribution in [1.29, 1.82) is 0 Å². The van der Waals surface area contributed by atoms with Crippen molar-refractivity contribution in [3.05, 3.63) is 115 Å². The van der Waals surface area contributed by atoms with Gasteiger partial charge in [0.15, 0.2) is 0 Å². The number of thiophene rings is 2. The van der Waals surface area contributed by atoms with Crippen molar-refractivity contribution in [2.24, 2.45) is 0 Å². The number of nitrogens with zero attached hydrogens (tertiary/aromatic N) is 2. The summed E-state index contributed by atoms with van der Waals surface area (Å²) >= 11 is 15.2. The maximum atomic E-state index is 11.8. The first-order valence-electron chi connectivity index (χ1n) is 11.8. The van der Waals surface area contributed by atoms with Crippen LogP contribution in [0.5, 0.6) is 0 Å². The zero-order valence-corrected chi connectivity index (χ0v) is 23.4. The Morgan fingerprint density at radius 1 is 0.816 bits per heavy atom. The first-order chi connectivity index (χ1) is 18.4. The molecule has 0 N–H and O–H groups in total. The number of hydrogen-bond donors (Lipinski definition) is 0. The van der Waals surface area contributed by atoms with Crippen molar-refractivity contribution < 1.29 is 18.4 Å². The van der Waals surface area contributed by atoms with E-state index in [1.165, 1.54) is 34.8 Å². The Kier molecular flexibility index (Phi) is 7.95. The molecule has 38 heavy (non-hydrogen) atoms. The minimum absolute atomic E-state index is 0.0476. The molecular formula is C28H24Cl2N2O4S2. The number of hydrogen-bond acceptors (Lipinski definition) is 6. The predicted octanol–water partition coefficient (Wildman–Crippen LogP) is 7.31. The molecule has 0 unspecified atom stereocenters. The van der Waals surface area contributed by atoms with Gasteiger partial charge in [-0.25, -0.2) is 0 Å². The maximum Gasteiger partial charge on any atom is 0.246 e. The van der Waals surface area contributed by atoms with Crippen molar-refractivity contribution in [1.82, 2.24) is 9.80 Å². The van der Waals surface area contributed by atoms with E-state index in [4.69, 9.17) is 32.0 Å². The zero-order valence-electron chi connectivity index (χ0n) is 20.3. The van der Waals surface area contributed by atoms with Crippen molar-refractivity contribution in [3.63, 3.8) is 0 Å². The number of amides is 2. The van der Waals surface area contributed by atoms with Gasteiger partial charge in [-0.05, 0) is 59.7 Å². The van der Waals surface area contributed by atoms with E-state index in [9.17, 15) is 9.59 Å². The van der Waals surface area contributed by atoms with Gasteiger partial charge in [-0.15, -0.1) is 22.7 Å². The summed E-state index contributed by atoms with van der Waals surface area (Å²) < 4.78 is 12.5. The van der Waals surface area contributed by atoms with Gasteiger partial charge in [-0.3, -0.25) is 9.59 Å². The molecule has 2 aliphatic rings. The predicted molar refractivity (Wildman–Crippen MR) is 151 cm³/mol. The molecule has 6 nitrogen and oxygen atoms in total. The van der Waals surface area contributed by atoms with Crippen molar-refractivity contribution in [2.45, 2.75) is 24.9 Å². The second-order valence-corrected chi connectivity index (χ2v) is 12.4. The third-order valence-electron chi connectivity index (χ3n) is 6.59. The van der Waals surface area contributed by atoms with Gasteiger partial charge in [-0.1, -0.05) is 36.4 Å². The molecule has 0 fully saturated rings. The van der Waals surface area contributed by atoms with Crippen LogP contribution in [0.2, 0.25) is 8.67 Å². The van der Waals surface area contributed by atoms with Gasteiger partial charge >= 0.3 is 0 Å². The molecule has 2 aliphatic heterocycles. The standard InChI is InChI=1S/2C14H12ClNO2S/c2*1-2-14(17)16-7-10(11-4-3-5-18-11)9-6-13(15)19-12(9)8-16/h2*2-6,10H,1,7-8H2/t2*10-/m10/s1. The zero-order chi connectivity index (χ0) is 26.8. The molecule has 0 spiro atoms. The largest absolute Gasteiger partial charge is 0.469 e. The summed E-state index contributed by atoms with van der Waals surface area (Å²) in [5.74, 6) is 1.69. The number of fused-ring (bicyclic) bond motifs is 2. The van der Waals surface area contributed by atoms with Gasteiger partial charge in [0, 0.05) is 22.8 Å². The number of rotatable bonds is 4. The number of furan rings is 2. The summed E-state index contributed by atoms with van der Waals surface area (Å²) in [6, 6.07) is 11.5. The number of carbonyl (C=O) groups is 2. The second kappa shape index (κ2) is 11.4. The van der Waals surface area contributed by atoms with Gasteiger partial charge < -0.3 is 18.6 Å². The molecule has 6 heterocycles. The van der Waals surface area contributed by atoms with Crippen molar-refractivity contribution in [2.75, 3.05) is 13.1 Å². The summed E-state index contributed by atoms with van der Waals surface area (Å²) in [5, 5.41) is 0. The Labute approximate surface area is 238 Å². The van der Waals surface area contributed by atoms with Crippen molar-refractivity contribution >= 4 is 57.7 Å². The van der Waals surface area contributed by atoms with E-state index in [-0.39, 0.29) is 23.7 Å². The molecule has 2 amide bonds. The van der Waals surface area contributed by atoms with E-state index in [1.54, 1.807) is 22.3 Å². The second-order valence-electron chi connectivity index (χ2n) is 8.84. The molecule has 0 radical (unpaired) electrons. The summed E-state index contributed by atoms with van der Waals surface area (Å²) in [5.41, 5.74) is 2.33. The molecule has 0 aliphatic carbocycles. The summed E-state index contributed by atoms with van der Waals surface area (Å²) in [6.45, 7) is 9.47. The normalized spacial score (nSPS) is 18.2. The lowest BCUT2D eigenvalue weighted by Gasteiger charge is -2.31. The summed E-state index contributed by atoms with van der Waals surface area (Å²) in [4.78, 5) is 29.5. The highest BCUT2D eigenvalue weighted by Crippen LogP contribution is 2.41. The number of halogens is 2. The van der Waals surface area contributed by atoms with Crippen LogP contribution in [0.15, 0.2) is 83.1 Å². The Hall–Kier alpha value is -3.04. The topological polar surface area (TPSA) is 66.9 Å². The lowest BCUT2D eigenvalue weighted by molar-refractivity contribution is -0.127. The van der Waals surface area contributed by atoms with Crippen LogP contribution >= 0.6 is 45.9 Å². The Morgan fingerprint density at radius 3 is 1.58 bits per heavy atom. The summed E-state index contributed by atoms with van der Waals surface area (Å²) in [6.07, 6.45) is 5.99. The van der Waals surface area contributed by atoms with Crippen LogP contribution in [0.1, 0.15) is 44.2 Å². The fourth-order valence-corrected chi connectivity index (χ4v) is 7.54. The molecule has 0 bridgehead atoms. The molecule has 4 aromatic rings. The van der Waals surface area contributed by atoms with Crippen LogP contribution < -0.4 is 0 Å². The fourth-order valence-electron chi connectivity index (χ4n) is 4.83. The molecule has 10 heteroatoms. The van der Waals surface area contributed by atoms with Crippen LogP contribution in [0.4, 0.5) is 0 Å². The lowest BCUT2D eigenvalue weighted by atomic mass is 9.93. The molecule has 196 valence electrons. The molecular weight excluding hydrogens is 563 g/mol. The molecule has 2 atom stereocenters. The van der Waals surface area contributed by atoms with E-state index in [1.807, 2.05) is 36.4 Å². The maximum absolute atomic E-state index is 11.8. The Bertz CT molecular complexity index is 1350. The third-order valence-corrected chi connectivity index (χ3v) is 9.12. The van der Waals surface area contributed by atoms with Crippen molar-refractivity contribution in [3.8, 4) is 0 Å². The van der Waals surface area contributed by atoms with Gasteiger partial charge in [0.25, 0.3) is 0 Å². The van der Waals surface area contributed by atoms with E-state index < -0.39 is 0 Å². The Balaban J connectivity index is 0.000000155. The number of carbonyl (C=O) groups excluding carboxylic acids is 2. The summed E-state index contributed by atoms with van der Waals surface area (Å²) in [7, 11) is 0. The molecule has 0 saturated carbocycles. The van der Waals surface area contributed by atoms with Crippen LogP contribution in [0, 0.1) is 0 Å². The molecule has 0 saturated heterocycles. The van der Waals surface area contributed by atoms with Gasteiger partial charge in [0.2, 0.25) is 11.8 Å². The van der Waals surface area contributed by atoms with E-state index in [0.717, 1.165) is 41.1 Å². The van der Waals surface area contributed by atoms with Crippen LogP contribution in [0.3, 0.4) is 0 Å². The molecule has 6 rings (SSSR count). The van der Waals surface area contributed by atoms with E-state index in [0.29, 0.717) is 26.2 Å². The first kappa shape index (κ1) is 26.6. The highest BCUT2D eigenvalue weighted by Gasteiger charge is 2.33. The first-order valence-corrected chi connectivity index (χ1v) is 14.2. The highest BCUT2D eigenvalue weighted by molar-refractivity contribution is 7.16. The van der Waals surface area contributed by atoms with Gasteiger partial charge in [0.05, 0.1) is 46.1 Å². The molecule has 4 aromatic heterocycles. The lowest BCUT2D eigenvalue weighted by Crippen LogP contribution is -2.36.